The van der Waals surface area contributed by atoms with Crippen LogP contribution in [0.2, 0.25) is 0 Å². The summed E-state index contributed by atoms with van der Waals surface area (Å²) in [4.78, 5) is 14.8. The molecular formula is C17H16N2O2. The molecule has 1 aromatic heterocycles. The molecule has 0 unspecified atom stereocenters. The van der Waals surface area contributed by atoms with Crippen molar-refractivity contribution >= 4 is 22.6 Å². The number of fused-ring (bicyclic) bond motifs is 1. The van der Waals surface area contributed by atoms with Gasteiger partial charge in [0.05, 0.1) is 18.2 Å². The van der Waals surface area contributed by atoms with Crippen LogP contribution in [-0.2, 0) is 11.3 Å². The summed E-state index contributed by atoms with van der Waals surface area (Å²) in [6, 6.07) is 15.5. The highest BCUT2D eigenvalue weighted by atomic mass is 16.5. The Hall–Kier alpha value is -2.75. The van der Waals surface area contributed by atoms with Gasteiger partial charge in [0.2, 0.25) is 0 Å². The molecule has 0 bridgehead atoms. The normalized spacial score (nSPS) is 10.5. The van der Waals surface area contributed by atoms with Gasteiger partial charge in [0.1, 0.15) is 0 Å². The Morgan fingerprint density at radius 3 is 2.90 bits per heavy atom. The number of para-hydroxylation sites is 1. The second-order valence-corrected chi connectivity index (χ2v) is 4.78. The maximum atomic E-state index is 11.5. The fourth-order valence-corrected chi connectivity index (χ4v) is 2.37. The smallest absolute Gasteiger partial charge is 0.337 e. The lowest BCUT2D eigenvalue weighted by molar-refractivity contribution is 0.0601. The van der Waals surface area contributed by atoms with Gasteiger partial charge < -0.3 is 15.0 Å². The summed E-state index contributed by atoms with van der Waals surface area (Å²) in [5.74, 6) is -0.329. The van der Waals surface area contributed by atoms with Crippen molar-refractivity contribution < 1.29 is 9.53 Å². The largest absolute Gasteiger partial charge is 0.465 e. The van der Waals surface area contributed by atoms with Crippen LogP contribution in [-0.4, -0.2) is 18.1 Å². The standard InChI is InChI=1S/C17H16N2O2/c1-21-17(20)13-5-3-7-15(10-13)19-11-14-6-2-4-12-8-9-18-16(12)14/h2-10,18-19H,11H2,1H3. The van der Waals surface area contributed by atoms with Crippen LogP contribution in [0.1, 0.15) is 15.9 Å². The van der Waals surface area contributed by atoms with Crippen LogP contribution in [0.3, 0.4) is 0 Å². The van der Waals surface area contributed by atoms with E-state index in [4.69, 9.17) is 4.74 Å². The summed E-state index contributed by atoms with van der Waals surface area (Å²) < 4.78 is 4.73. The van der Waals surface area contributed by atoms with Crippen molar-refractivity contribution in [1.82, 2.24) is 4.98 Å². The molecule has 0 saturated carbocycles. The Kier molecular flexibility index (Phi) is 3.60. The Bertz CT molecular complexity index is 777. The maximum absolute atomic E-state index is 11.5. The number of hydrogen-bond donors (Lipinski definition) is 2. The van der Waals surface area contributed by atoms with Crippen molar-refractivity contribution in [3.63, 3.8) is 0 Å². The molecule has 0 radical (unpaired) electrons. The lowest BCUT2D eigenvalue weighted by atomic mass is 10.1. The van der Waals surface area contributed by atoms with Gasteiger partial charge in [-0.15, -0.1) is 0 Å². The minimum atomic E-state index is -0.329. The van der Waals surface area contributed by atoms with E-state index in [9.17, 15) is 4.79 Å². The number of hydrogen-bond acceptors (Lipinski definition) is 3. The number of nitrogens with one attached hydrogen (secondary N) is 2. The quantitative estimate of drug-likeness (QED) is 0.718. The van der Waals surface area contributed by atoms with E-state index in [0.29, 0.717) is 12.1 Å². The van der Waals surface area contributed by atoms with Crippen molar-refractivity contribution in [2.45, 2.75) is 6.54 Å². The number of carbonyl (C=O) groups excluding carboxylic acids is 1. The summed E-state index contributed by atoms with van der Waals surface area (Å²) >= 11 is 0. The zero-order valence-corrected chi connectivity index (χ0v) is 11.7. The van der Waals surface area contributed by atoms with Gasteiger partial charge in [-0.2, -0.15) is 0 Å². The zero-order valence-electron chi connectivity index (χ0n) is 11.7. The van der Waals surface area contributed by atoms with E-state index in [-0.39, 0.29) is 5.97 Å². The third-order valence-electron chi connectivity index (χ3n) is 3.44. The molecule has 106 valence electrons. The van der Waals surface area contributed by atoms with E-state index in [1.165, 1.54) is 18.1 Å². The number of aromatic amines is 1. The molecule has 4 nitrogen and oxygen atoms in total. The van der Waals surface area contributed by atoms with Gasteiger partial charge in [-0.1, -0.05) is 24.3 Å². The Balaban J connectivity index is 1.79. The van der Waals surface area contributed by atoms with Gasteiger partial charge in [-0.05, 0) is 35.2 Å². The van der Waals surface area contributed by atoms with Crippen molar-refractivity contribution in [2.24, 2.45) is 0 Å². The molecule has 0 atom stereocenters. The molecule has 0 aliphatic heterocycles. The Morgan fingerprint density at radius 1 is 1.19 bits per heavy atom. The van der Waals surface area contributed by atoms with E-state index in [0.717, 1.165) is 11.2 Å². The zero-order chi connectivity index (χ0) is 14.7. The minimum absolute atomic E-state index is 0.329. The van der Waals surface area contributed by atoms with Crippen LogP contribution in [0.4, 0.5) is 5.69 Å². The van der Waals surface area contributed by atoms with E-state index in [1.54, 1.807) is 12.1 Å². The minimum Gasteiger partial charge on any atom is -0.465 e. The summed E-state index contributed by atoms with van der Waals surface area (Å²) in [7, 11) is 1.38. The highest BCUT2D eigenvalue weighted by Crippen LogP contribution is 2.19. The van der Waals surface area contributed by atoms with Crippen molar-refractivity contribution in [2.75, 3.05) is 12.4 Å². The molecule has 2 aromatic carbocycles. The number of H-pyrrole nitrogens is 1. The van der Waals surface area contributed by atoms with Crippen LogP contribution in [0.5, 0.6) is 0 Å². The number of aromatic nitrogens is 1. The maximum Gasteiger partial charge on any atom is 0.337 e. The lowest BCUT2D eigenvalue weighted by Crippen LogP contribution is -2.04. The number of anilines is 1. The third kappa shape index (κ3) is 2.74. The topological polar surface area (TPSA) is 54.1 Å². The average molecular weight is 280 g/mol. The number of benzene rings is 2. The second kappa shape index (κ2) is 5.71. The van der Waals surface area contributed by atoms with Crippen LogP contribution >= 0.6 is 0 Å². The van der Waals surface area contributed by atoms with Gasteiger partial charge in [0.15, 0.2) is 0 Å². The second-order valence-electron chi connectivity index (χ2n) is 4.78. The van der Waals surface area contributed by atoms with Gasteiger partial charge in [0.25, 0.3) is 0 Å². The van der Waals surface area contributed by atoms with Crippen molar-refractivity contribution in [3.05, 3.63) is 65.9 Å². The number of ether oxygens (including phenoxy) is 1. The first-order valence-corrected chi connectivity index (χ1v) is 6.75. The molecule has 3 aromatic rings. The highest BCUT2D eigenvalue weighted by Gasteiger charge is 2.06. The molecule has 1 heterocycles. The molecule has 0 aliphatic carbocycles. The third-order valence-corrected chi connectivity index (χ3v) is 3.44. The summed E-state index contributed by atoms with van der Waals surface area (Å²) in [5.41, 5.74) is 3.75. The molecule has 0 saturated heterocycles. The number of esters is 1. The van der Waals surface area contributed by atoms with Gasteiger partial charge in [-0.25, -0.2) is 4.79 Å². The highest BCUT2D eigenvalue weighted by molar-refractivity contribution is 5.90. The fourth-order valence-electron chi connectivity index (χ4n) is 2.37. The van der Waals surface area contributed by atoms with Gasteiger partial charge >= 0.3 is 5.97 Å². The molecule has 0 aliphatic rings. The Labute approximate surface area is 122 Å². The van der Waals surface area contributed by atoms with Crippen LogP contribution in [0.25, 0.3) is 10.9 Å². The molecular weight excluding hydrogens is 264 g/mol. The number of rotatable bonds is 4. The van der Waals surface area contributed by atoms with Crippen molar-refractivity contribution in [3.8, 4) is 0 Å². The van der Waals surface area contributed by atoms with E-state index in [2.05, 4.69) is 28.5 Å². The number of carbonyl (C=O) groups is 1. The average Bonchev–Trinajstić information content (AvgIpc) is 3.01. The molecule has 0 spiro atoms. The lowest BCUT2D eigenvalue weighted by Gasteiger charge is -2.09. The molecule has 21 heavy (non-hydrogen) atoms. The first-order valence-electron chi connectivity index (χ1n) is 6.75. The molecule has 0 fully saturated rings. The van der Waals surface area contributed by atoms with Crippen LogP contribution in [0.15, 0.2) is 54.7 Å². The summed E-state index contributed by atoms with van der Waals surface area (Å²) in [6.07, 6.45) is 1.94. The SMILES string of the molecule is COC(=O)c1cccc(NCc2cccc3cc[nH]c23)c1. The van der Waals surface area contributed by atoms with Crippen molar-refractivity contribution in [1.29, 1.82) is 0 Å². The summed E-state index contributed by atoms with van der Waals surface area (Å²) in [6.45, 7) is 0.683. The van der Waals surface area contributed by atoms with Crippen LogP contribution < -0.4 is 5.32 Å². The predicted octanol–water partition coefficient (Wildman–Crippen LogP) is 3.57. The predicted molar refractivity (Wildman–Crippen MR) is 83.4 cm³/mol. The first-order chi connectivity index (χ1) is 10.3. The molecule has 3 rings (SSSR count). The molecule has 0 amide bonds. The van der Waals surface area contributed by atoms with E-state index < -0.39 is 0 Å². The summed E-state index contributed by atoms with van der Waals surface area (Å²) in [5, 5.41) is 4.53. The van der Waals surface area contributed by atoms with Gasteiger partial charge in [0, 0.05) is 18.4 Å². The fraction of sp³-hybridized carbons (Fsp3) is 0.118. The first kappa shape index (κ1) is 13.2. The van der Waals surface area contributed by atoms with E-state index >= 15 is 0 Å². The van der Waals surface area contributed by atoms with Crippen LogP contribution in [0, 0.1) is 0 Å². The van der Waals surface area contributed by atoms with E-state index in [1.807, 2.05) is 24.4 Å². The monoisotopic (exact) mass is 280 g/mol. The number of methoxy groups -OCH3 is 1. The Morgan fingerprint density at radius 2 is 2.05 bits per heavy atom. The van der Waals surface area contributed by atoms with Gasteiger partial charge in [-0.3, -0.25) is 0 Å². The molecule has 2 N–H and O–H groups in total. The molecule has 4 heteroatoms.